The summed E-state index contributed by atoms with van der Waals surface area (Å²) < 4.78 is 30.7. The summed E-state index contributed by atoms with van der Waals surface area (Å²) in [4.78, 5) is 0. The van der Waals surface area contributed by atoms with Gasteiger partial charge in [0.15, 0.2) is 0 Å². The van der Waals surface area contributed by atoms with Gasteiger partial charge >= 0.3 is 6.55 Å². The lowest BCUT2D eigenvalue weighted by molar-refractivity contribution is 0.0568. The van der Waals surface area contributed by atoms with Crippen molar-refractivity contribution >= 4 is 0 Å². The van der Waals surface area contributed by atoms with Crippen molar-refractivity contribution in [3.63, 3.8) is 0 Å². The Kier molecular flexibility index (Phi) is 2.79. The fraction of sp³-hybridized carbons (Fsp3) is 0.0833. The minimum Gasteiger partial charge on any atom is -0.415 e. The Balaban J connectivity index is 1.92. The molecule has 7 heteroatoms. The zero-order valence-electron chi connectivity index (χ0n) is 9.57. The van der Waals surface area contributed by atoms with E-state index in [-0.39, 0.29) is 11.6 Å². The Morgan fingerprint density at radius 1 is 1.00 bits per heavy atom. The molecule has 0 atom stereocenters. The molecule has 2 heterocycles. The van der Waals surface area contributed by atoms with Gasteiger partial charge in [0.1, 0.15) is 5.69 Å². The summed E-state index contributed by atoms with van der Waals surface area (Å²) in [6.07, 6.45) is 1.16. The van der Waals surface area contributed by atoms with Gasteiger partial charge in [0, 0.05) is 11.8 Å². The van der Waals surface area contributed by atoms with Crippen LogP contribution >= 0.6 is 0 Å². The van der Waals surface area contributed by atoms with E-state index in [0.717, 1.165) is 11.8 Å². The van der Waals surface area contributed by atoms with Crippen LogP contribution in [0.3, 0.4) is 0 Å². The lowest BCUT2D eigenvalue weighted by atomic mass is 10.2. The largest absolute Gasteiger partial charge is 0.415 e. The van der Waals surface area contributed by atoms with Crippen molar-refractivity contribution in [3.8, 4) is 23.0 Å². The second-order valence-electron chi connectivity index (χ2n) is 3.74. The fourth-order valence-electron chi connectivity index (χ4n) is 1.58. The topological polar surface area (TPSA) is 56.7 Å². The van der Waals surface area contributed by atoms with Gasteiger partial charge in [-0.3, -0.25) is 0 Å². The Morgan fingerprint density at radius 3 is 2.42 bits per heavy atom. The SMILES string of the molecule is FC(F)n1ccc(-c2nnc(-c3ccccc3)o2)n1. The maximum Gasteiger partial charge on any atom is 0.333 e. The van der Waals surface area contributed by atoms with Crippen LogP contribution in [0, 0.1) is 0 Å². The van der Waals surface area contributed by atoms with E-state index in [0.29, 0.717) is 10.6 Å². The highest BCUT2D eigenvalue weighted by molar-refractivity contribution is 5.55. The molecule has 3 aromatic rings. The summed E-state index contributed by atoms with van der Waals surface area (Å²) in [5.41, 5.74) is 0.976. The number of hydrogen-bond donors (Lipinski definition) is 0. The first kappa shape index (κ1) is 11.5. The van der Waals surface area contributed by atoms with Crippen LogP contribution < -0.4 is 0 Å². The average molecular weight is 262 g/mol. The molecule has 0 aliphatic rings. The molecule has 0 radical (unpaired) electrons. The van der Waals surface area contributed by atoms with Crippen molar-refractivity contribution in [1.29, 1.82) is 0 Å². The van der Waals surface area contributed by atoms with Gasteiger partial charge in [0.05, 0.1) is 0 Å². The Labute approximate surface area is 106 Å². The van der Waals surface area contributed by atoms with Crippen LogP contribution in [-0.2, 0) is 0 Å². The average Bonchev–Trinajstić information content (AvgIpc) is 3.09. The number of nitrogens with zero attached hydrogens (tertiary/aromatic N) is 4. The van der Waals surface area contributed by atoms with Crippen molar-refractivity contribution in [2.45, 2.75) is 6.55 Å². The minimum atomic E-state index is -2.69. The Bertz CT molecular complexity index is 678. The van der Waals surface area contributed by atoms with E-state index in [1.165, 1.54) is 6.07 Å². The molecule has 0 aliphatic heterocycles. The third-order valence-electron chi connectivity index (χ3n) is 2.47. The van der Waals surface area contributed by atoms with E-state index in [9.17, 15) is 8.78 Å². The molecule has 0 saturated heterocycles. The molecule has 0 unspecified atom stereocenters. The predicted octanol–water partition coefficient (Wildman–Crippen LogP) is 3.00. The van der Waals surface area contributed by atoms with Crippen LogP contribution in [0.2, 0.25) is 0 Å². The van der Waals surface area contributed by atoms with Gasteiger partial charge in [-0.15, -0.1) is 10.2 Å². The van der Waals surface area contributed by atoms with Crippen LogP contribution in [0.25, 0.3) is 23.0 Å². The molecule has 96 valence electrons. The van der Waals surface area contributed by atoms with E-state index < -0.39 is 6.55 Å². The van der Waals surface area contributed by atoms with Crippen molar-refractivity contribution < 1.29 is 13.2 Å². The predicted molar refractivity (Wildman–Crippen MR) is 62.2 cm³/mol. The third kappa shape index (κ3) is 2.22. The molecule has 5 nitrogen and oxygen atoms in total. The number of aromatic nitrogens is 4. The minimum absolute atomic E-state index is 0.109. The lowest BCUT2D eigenvalue weighted by Gasteiger charge is -1.95. The third-order valence-corrected chi connectivity index (χ3v) is 2.47. The van der Waals surface area contributed by atoms with Crippen molar-refractivity contribution in [1.82, 2.24) is 20.0 Å². The molecule has 19 heavy (non-hydrogen) atoms. The smallest absolute Gasteiger partial charge is 0.333 e. The number of alkyl halides is 2. The fourth-order valence-corrected chi connectivity index (χ4v) is 1.58. The van der Waals surface area contributed by atoms with Crippen molar-refractivity contribution in [2.75, 3.05) is 0 Å². The second kappa shape index (κ2) is 4.60. The first-order valence-corrected chi connectivity index (χ1v) is 5.46. The summed E-state index contributed by atoms with van der Waals surface area (Å²) in [5, 5.41) is 11.3. The zero-order valence-corrected chi connectivity index (χ0v) is 9.57. The summed E-state index contributed by atoms with van der Waals surface area (Å²) >= 11 is 0. The first-order valence-electron chi connectivity index (χ1n) is 5.46. The van der Waals surface area contributed by atoms with Gasteiger partial charge in [0.2, 0.25) is 5.89 Å². The van der Waals surface area contributed by atoms with Crippen LogP contribution in [0.5, 0.6) is 0 Å². The molecule has 0 fully saturated rings. The summed E-state index contributed by atoms with van der Waals surface area (Å²) in [6, 6.07) is 10.6. The van der Waals surface area contributed by atoms with Gasteiger partial charge in [-0.2, -0.15) is 13.9 Å². The first-order chi connectivity index (χ1) is 9.24. The highest BCUT2D eigenvalue weighted by Crippen LogP contribution is 2.23. The summed E-state index contributed by atoms with van der Waals surface area (Å²) in [5.74, 6) is 0.431. The second-order valence-corrected chi connectivity index (χ2v) is 3.74. The number of halogens is 2. The van der Waals surface area contributed by atoms with Gasteiger partial charge < -0.3 is 4.42 Å². The molecule has 0 saturated carbocycles. The molecule has 0 bridgehead atoms. The highest BCUT2D eigenvalue weighted by atomic mass is 19.3. The van der Waals surface area contributed by atoms with E-state index in [4.69, 9.17) is 4.42 Å². The maximum atomic E-state index is 12.4. The van der Waals surface area contributed by atoms with Crippen molar-refractivity contribution in [3.05, 3.63) is 42.6 Å². The standard InChI is InChI=1S/C12H8F2N4O/c13-12(14)18-7-6-9(17-18)11-16-15-10(19-11)8-4-2-1-3-5-8/h1-7,12H. The maximum absolute atomic E-state index is 12.4. The molecular weight excluding hydrogens is 254 g/mol. The molecule has 0 N–H and O–H groups in total. The quantitative estimate of drug-likeness (QED) is 0.728. The normalized spacial score (nSPS) is 11.1. The molecular formula is C12H8F2N4O. The van der Waals surface area contributed by atoms with E-state index in [1.807, 2.05) is 30.3 Å². The van der Waals surface area contributed by atoms with E-state index in [1.54, 1.807) is 0 Å². The van der Waals surface area contributed by atoms with Crippen LogP contribution in [0.1, 0.15) is 6.55 Å². The highest BCUT2D eigenvalue weighted by Gasteiger charge is 2.14. The van der Waals surface area contributed by atoms with E-state index in [2.05, 4.69) is 15.3 Å². The van der Waals surface area contributed by atoms with E-state index >= 15 is 0 Å². The number of hydrogen-bond acceptors (Lipinski definition) is 4. The van der Waals surface area contributed by atoms with Gasteiger partial charge in [-0.05, 0) is 18.2 Å². The molecule has 0 amide bonds. The zero-order chi connectivity index (χ0) is 13.2. The molecule has 1 aromatic carbocycles. The monoisotopic (exact) mass is 262 g/mol. The lowest BCUT2D eigenvalue weighted by Crippen LogP contribution is -1.98. The number of benzene rings is 1. The molecule has 0 aliphatic carbocycles. The molecule has 2 aromatic heterocycles. The summed E-state index contributed by atoms with van der Waals surface area (Å²) in [6.45, 7) is -2.69. The molecule has 0 spiro atoms. The van der Waals surface area contributed by atoms with Crippen LogP contribution in [0.15, 0.2) is 47.0 Å². The van der Waals surface area contributed by atoms with Gasteiger partial charge in [0.25, 0.3) is 5.89 Å². The Morgan fingerprint density at radius 2 is 1.74 bits per heavy atom. The number of rotatable bonds is 3. The van der Waals surface area contributed by atoms with Crippen LogP contribution in [-0.4, -0.2) is 20.0 Å². The van der Waals surface area contributed by atoms with Crippen molar-refractivity contribution in [2.24, 2.45) is 0 Å². The molecule has 3 rings (SSSR count). The van der Waals surface area contributed by atoms with Gasteiger partial charge in [-0.1, -0.05) is 18.2 Å². The van der Waals surface area contributed by atoms with Gasteiger partial charge in [-0.25, -0.2) is 4.68 Å². The summed E-state index contributed by atoms with van der Waals surface area (Å²) in [7, 11) is 0. The van der Waals surface area contributed by atoms with Crippen LogP contribution in [0.4, 0.5) is 8.78 Å². The Hall–Kier alpha value is -2.57.